The Hall–Kier alpha value is -4.62. The molecule has 2 aliphatic rings. The van der Waals surface area contributed by atoms with Crippen molar-refractivity contribution in [3.63, 3.8) is 0 Å². The van der Waals surface area contributed by atoms with Gasteiger partial charge < -0.3 is 11.1 Å². The van der Waals surface area contributed by atoms with Crippen LogP contribution in [-0.2, 0) is 10.0 Å². The Morgan fingerprint density at radius 2 is 1.69 bits per heavy atom. The molecule has 0 saturated heterocycles. The number of sulfonamides is 1. The lowest BCUT2D eigenvalue weighted by Crippen LogP contribution is -2.46. The van der Waals surface area contributed by atoms with Crippen LogP contribution in [0.4, 0.5) is 8.78 Å². The topological polar surface area (TPSA) is 140 Å². The molecule has 3 N–H and O–H groups in total. The van der Waals surface area contributed by atoms with Crippen LogP contribution >= 0.6 is 0 Å². The molecule has 0 aromatic heterocycles. The van der Waals surface area contributed by atoms with E-state index in [2.05, 4.69) is 15.1 Å². The van der Waals surface area contributed by atoms with Crippen LogP contribution in [0.25, 0.3) is 6.08 Å². The van der Waals surface area contributed by atoms with Crippen LogP contribution in [0.3, 0.4) is 0 Å². The van der Waals surface area contributed by atoms with E-state index in [0.29, 0.717) is 16.8 Å². The molecule has 1 unspecified atom stereocenters. The number of nitrogens with one attached hydrogen (secondary N) is 1. The molecule has 0 bridgehead atoms. The molecule has 13 heteroatoms. The normalized spacial score (nSPS) is 18.8. The van der Waals surface area contributed by atoms with Gasteiger partial charge in [0.2, 0.25) is 10.0 Å². The van der Waals surface area contributed by atoms with Crippen LogP contribution in [0, 0.1) is 21.7 Å². The molecule has 2 aliphatic heterocycles. The third kappa shape index (κ3) is 5.22. The molecular weight excluding hydrogens is 532 g/mol. The first-order valence-electron chi connectivity index (χ1n) is 11.6. The van der Waals surface area contributed by atoms with Gasteiger partial charge in [-0.3, -0.25) is 4.84 Å². The second kappa shape index (κ2) is 10.3. The van der Waals surface area contributed by atoms with Crippen LogP contribution < -0.4 is 15.9 Å². The van der Waals surface area contributed by atoms with Crippen molar-refractivity contribution in [1.29, 1.82) is 0 Å². The number of aliphatic imine (C=N–C) groups is 1. The molecule has 3 aromatic carbocycles. The molecule has 0 spiro atoms. The highest BCUT2D eigenvalue weighted by Crippen LogP contribution is 2.39. The average Bonchev–Trinajstić information content (AvgIpc) is 2.90. The largest absolute Gasteiger partial charge is 0.370 e. The highest BCUT2D eigenvalue weighted by atomic mass is 32.2. The third-order valence-electron chi connectivity index (χ3n) is 6.26. The van der Waals surface area contributed by atoms with Crippen molar-refractivity contribution in [3.05, 3.63) is 123 Å². The maximum atomic E-state index is 14.9. The van der Waals surface area contributed by atoms with Crippen LogP contribution in [0.2, 0.25) is 0 Å². The van der Waals surface area contributed by atoms with E-state index in [-0.39, 0.29) is 40.8 Å². The van der Waals surface area contributed by atoms with Crippen molar-refractivity contribution in [2.45, 2.75) is 10.9 Å². The molecule has 10 nitrogen and oxygen atoms in total. The van der Waals surface area contributed by atoms with Crippen molar-refractivity contribution in [1.82, 2.24) is 9.62 Å². The number of rotatable bonds is 6. The summed E-state index contributed by atoms with van der Waals surface area (Å²) in [6.45, 7) is -0.352. The monoisotopic (exact) mass is 553 g/mol. The van der Waals surface area contributed by atoms with Gasteiger partial charge in [0.1, 0.15) is 23.4 Å². The van der Waals surface area contributed by atoms with Gasteiger partial charge in [0.25, 0.3) is 5.09 Å². The van der Waals surface area contributed by atoms with Crippen LogP contribution in [-0.4, -0.2) is 36.9 Å². The van der Waals surface area contributed by atoms with E-state index in [9.17, 15) is 27.3 Å². The molecular formula is C26H21F2N5O5S. The zero-order chi connectivity index (χ0) is 27.7. The summed E-state index contributed by atoms with van der Waals surface area (Å²) < 4.78 is 58.0. The molecule has 0 saturated carbocycles. The van der Waals surface area contributed by atoms with Gasteiger partial charge >= 0.3 is 0 Å². The highest BCUT2D eigenvalue weighted by molar-refractivity contribution is 7.89. The SMILES string of the molecule is NC1=NC(c2ccccc2F)C2=C(N1)/C(=C/c1ccccc1F)CN(S(=O)(=O)c1ccc(O[N+](=O)[O-])cc1)C2. The zero-order valence-electron chi connectivity index (χ0n) is 20.1. The Labute approximate surface area is 221 Å². The first-order valence-corrected chi connectivity index (χ1v) is 13.0. The Morgan fingerprint density at radius 3 is 2.36 bits per heavy atom. The third-order valence-corrected chi connectivity index (χ3v) is 8.07. The molecule has 3 aromatic rings. The van der Waals surface area contributed by atoms with E-state index in [4.69, 9.17) is 5.73 Å². The summed E-state index contributed by atoms with van der Waals surface area (Å²) in [6.07, 6.45) is 1.50. The minimum atomic E-state index is -4.18. The number of nitrogens with zero attached hydrogens (tertiary/aromatic N) is 3. The molecule has 0 aliphatic carbocycles. The van der Waals surface area contributed by atoms with E-state index in [1.165, 1.54) is 48.5 Å². The summed E-state index contributed by atoms with van der Waals surface area (Å²) in [7, 11) is -4.18. The van der Waals surface area contributed by atoms with E-state index < -0.39 is 32.8 Å². The lowest BCUT2D eigenvalue weighted by atomic mass is 9.90. The number of nitrogens with two attached hydrogens (primary N) is 1. The van der Waals surface area contributed by atoms with E-state index in [1.807, 2.05) is 0 Å². The number of benzene rings is 3. The Balaban J connectivity index is 1.62. The molecule has 39 heavy (non-hydrogen) atoms. The standard InChI is InChI=1S/C26H21F2N5O5S/c27-22-7-3-1-5-16(22)13-17-14-32(39(36,37)19-11-9-18(10-12-19)38-33(34)35)15-21-24(17)30-26(29)31-25(21)20-6-2-4-8-23(20)28/h1-13,25H,14-15H2,(H3,29,30,31)/b17-13+. The average molecular weight is 554 g/mol. The maximum Gasteiger partial charge on any atom is 0.299 e. The Kier molecular flexibility index (Phi) is 6.85. The van der Waals surface area contributed by atoms with Gasteiger partial charge in [0.05, 0.1) is 4.90 Å². The molecule has 200 valence electrons. The fraction of sp³-hybridized carbons (Fsp3) is 0.115. The van der Waals surface area contributed by atoms with Crippen LogP contribution in [0.1, 0.15) is 17.2 Å². The number of hydrogen-bond donors (Lipinski definition) is 2. The van der Waals surface area contributed by atoms with Gasteiger partial charge in [0.15, 0.2) is 5.96 Å². The summed E-state index contributed by atoms with van der Waals surface area (Å²) >= 11 is 0. The molecule has 0 radical (unpaired) electrons. The summed E-state index contributed by atoms with van der Waals surface area (Å²) in [4.78, 5) is 19.2. The Morgan fingerprint density at radius 1 is 1.03 bits per heavy atom. The van der Waals surface area contributed by atoms with Gasteiger partial charge in [-0.2, -0.15) is 4.31 Å². The van der Waals surface area contributed by atoms with Crippen molar-refractivity contribution in [2.24, 2.45) is 10.7 Å². The molecule has 2 heterocycles. The van der Waals surface area contributed by atoms with E-state index >= 15 is 0 Å². The summed E-state index contributed by atoms with van der Waals surface area (Å²) in [6, 6.07) is 15.7. The predicted molar refractivity (Wildman–Crippen MR) is 138 cm³/mol. The van der Waals surface area contributed by atoms with Crippen LogP contribution in [0.15, 0.2) is 99.5 Å². The van der Waals surface area contributed by atoms with Crippen molar-refractivity contribution < 1.29 is 27.1 Å². The van der Waals surface area contributed by atoms with Crippen molar-refractivity contribution in [3.8, 4) is 5.75 Å². The Bertz CT molecular complexity index is 1660. The highest BCUT2D eigenvalue weighted by Gasteiger charge is 2.38. The summed E-state index contributed by atoms with van der Waals surface area (Å²) in [5, 5.41) is 12.6. The minimum absolute atomic E-state index is 0.000812. The lowest BCUT2D eigenvalue weighted by molar-refractivity contribution is -0.711. The van der Waals surface area contributed by atoms with Gasteiger partial charge in [-0.05, 0) is 53.6 Å². The lowest BCUT2D eigenvalue weighted by Gasteiger charge is -2.37. The number of hydrogen-bond acceptors (Lipinski definition) is 8. The molecule has 0 fully saturated rings. The fourth-order valence-electron chi connectivity index (χ4n) is 4.49. The second-order valence-electron chi connectivity index (χ2n) is 8.71. The van der Waals surface area contributed by atoms with E-state index in [1.54, 1.807) is 18.2 Å². The van der Waals surface area contributed by atoms with Gasteiger partial charge in [0, 0.05) is 29.9 Å². The van der Waals surface area contributed by atoms with Crippen molar-refractivity contribution in [2.75, 3.05) is 13.1 Å². The fourth-order valence-corrected chi connectivity index (χ4v) is 5.89. The smallest absolute Gasteiger partial charge is 0.299 e. The minimum Gasteiger partial charge on any atom is -0.370 e. The second-order valence-corrected chi connectivity index (χ2v) is 10.7. The predicted octanol–water partition coefficient (Wildman–Crippen LogP) is 3.54. The van der Waals surface area contributed by atoms with Gasteiger partial charge in [-0.1, -0.05) is 36.4 Å². The van der Waals surface area contributed by atoms with E-state index in [0.717, 1.165) is 16.4 Å². The van der Waals surface area contributed by atoms with Crippen molar-refractivity contribution >= 4 is 22.1 Å². The summed E-state index contributed by atoms with van der Waals surface area (Å²) in [5.41, 5.74) is 7.70. The zero-order valence-corrected chi connectivity index (χ0v) is 20.9. The van der Waals surface area contributed by atoms with Gasteiger partial charge in [-0.25, -0.2) is 22.2 Å². The summed E-state index contributed by atoms with van der Waals surface area (Å²) in [5.74, 6) is -1.21. The number of halogens is 2. The maximum absolute atomic E-state index is 14.9. The number of guanidine groups is 1. The first-order chi connectivity index (χ1) is 18.6. The van der Waals surface area contributed by atoms with Gasteiger partial charge in [-0.15, -0.1) is 10.1 Å². The molecule has 0 amide bonds. The first kappa shape index (κ1) is 26.0. The molecule has 5 rings (SSSR count). The van der Waals surface area contributed by atoms with Crippen LogP contribution in [0.5, 0.6) is 5.75 Å². The quantitative estimate of drug-likeness (QED) is 0.352. The molecule has 1 atom stereocenters.